The first-order chi connectivity index (χ1) is 9.93. The number of hydrogen-bond donors (Lipinski definition) is 2. The van der Waals surface area contributed by atoms with E-state index in [0.717, 1.165) is 32.5 Å². The zero-order chi connectivity index (χ0) is 15.5. The number of halogens is 1. The molecule has 0 saturated carbocycles. The number of nitrogens with zero attached hydrogens (tertiary/aromatic N) is 1. The lowest BCUT2D eigenvalue weighted by Gasteiger charge is -2.36. The molecule has 1 aromatic carbocycles. The molecule has 1 aliphatic heterocycles. The van der Waals surface area contributed by atoms with Crippen LogP contribution in [0.4, 0.5) is 4.39 Å². The average molecular weight is 296 g/mol. The molecule has 0 spiro atoms. The Kier molecular flexibility index (Phi) is 5.19. The predicted molar refractivity (Wildman–Crippen MR) is 80.8 cm³/mol. The second-order valence-corrected chi connectivity index (χ2v) is 6.09. The first-order valence-corrected chi connectivity index (χ1v) is 7.46. The molecule has 2 rings (SSSR count). The van der Waals surface area contributed by atoms with Crippen molar-refractivity contribution in [1.82, 2.24) is 4.90 Å². The Balaban J connectivity index is 1.92. The molecule has 0 bridgehead atoms. The molecular weight excluding hydrogens is 271 g/mol. The zero-order valence-corrected chi connectivity index (χ0v) is 12.8. The highest BCUT2D eigenvalue weighted by atomic mass is 19.1. The first-order valence-electron chi connectivity index (χ1n) is 7.46. The van der Waals surface area contributed by atoms with Crippen molar-refractivity contribution in [3.8, 4) is 5.75 Å². The fraction of sp³-hybridized carbons (Fsp3) is 0.625. The van der Waals surface area contributed by atoms with Crippen LogP contribution in [0.2, 0.25) is 0 Å². The standard InChI is InChI=1S/C16H25FN2O2/c1-16(20)7-10-19(11-8-16)9-6-13(18)15-12(17)4-3-5-14(15)21-2/h3-5,13,20H,6-11,18H2,1-2H3. The van der Waals surface area contributed by atoms with Gasteiger partial charge in [0.15, 0.2) is 0 Å². The van der Waals surface area contributed by atoms with Crippen LogP contribution >= 0.6 is 0 Å². The van der Waals surface area contributed by atoms with E-state index in [1.54, 1.807) is 12.1 Å². The summed E-state index contributed by atoms with van der Waals surface area (Å²) in [5.41, 5.74) is 6.05. The van der Waals surface area contributed by atoms with Crippen LogP contribution in [0.1, 0.15) is 37.8 Å². The zero-order valence-electron chi connectivity index (χ0n) is 12.8. The van der Waals surface area contributed by atoms with E-state index in [-0.39, 0.29) is 11.9 Å². The van der Waals surface area contributed by atoms with Gasteiger partial charge in [0, 0.05) is 24.7 Å². The monoisotopic (exact) mass is 296 g/mol. The highest BCUT2D eigenvalue weighted by Crippen LogP contribution is 2.29. The van der Waals surface area contributed by atoms with E-state index in [0.29, 0.717) is 17.7 Å². The second-order valence-electron chi connectivity index (χ2n) is 6.09. The van der Waals surface area contributed by atoms with Gasteiger partial charge in [-0.1, -0.05) is 6.07 Å². The van der Waals surface area contributed by atoms with E-state index in [1.165, 1.54) is 13.2 Å². The van der Waals surface area contributed by atoms with Gasteiger partial charge in [0.1, 0.15) is 11.6 Å². The molecular formula is C16H25FN2O2. The molecule has 21 heavy (non-hydrogen) atoms. The Labute approximate surface area is 125 Å². The Hall–Kier alpha value is -1.17. The smallest absolute Gasteiger partial charge is 0.131 e. The van der Waals surface area contributed by atoms with Gasteiger partial charge in [-0.25, -0.2) is 4.39 Å². The Morgan fingerprint density at radius 3 is 2.71 bits per heavy atom. The number of likely N-dealkylation sites (tertiary alicyclic amines) is 1. The van der Waals surface area contributed by atoms with E-state index >= 15 is 0 Å². The van der Waals surface area contributed by atoms with Gasteiger partial charge in [0.2, 0.25) is 0 Å². The lowest BCUT2D eigenvalue weighted by molar-refractivity contribution is -0.00577. The largest absolute Gasteiger partial charge is 0.496 e. The summed E-state index contributed by atoms with van der Waals surface area (Å²) < 4.78 is 19.1. The quantitative estimate of drug-likeness (QED) is 0.873. The molecule has 0 aromatic heterocycles. The van der Waals surface area contributed by atoms with Crippen molar-refractivity contribution >= 4 is 0 Å². The van der Waals surface area contributed by atoms with Crippen molar-refractivity contribution in [3.63, 3.8) is 0 Å². The van der Waals surface area contributed by atoms with Crippen LogP contribution < -0.4 is 10.5 Å². The van der Waals surface area contributed by atoms with Crippen LogP contribution in [0.5, 0.6) is 5.75 Å². The van der Waals surface area contributed by atoms with E-state index in [1.807, 2.05) is 6.92 Å². The molecule has 1 aromatic rings. The number of rotatable bonds is 5. The Bertz CT molecular complexity index is 469. The minimum absolute atomic E-state index is 0.316. The van der Waals surface area contributed by atoms with Gasteiger partial charge in [-0.2, -0.15) is 0 Å². The Morgan fingerprint density at radius 2 is 2.10 bits per heavy atom. The maximum Gasteiger partial charge on any atom is 0.131 e. The molecule has 1 atom stereocenters. The van der Waals surface area contributed by atoms with Crippen LogP contribution in [0.25, 0.3) is 0 Å². The fourth-order valence-corrected chi connectivity index (χ4v) is 2.78. The molecule has 118 valence electrons. The number of ether oxygens (including phenoxy) is 1. The van der Waals surface area contributed by atoms with Crippen LogP contribution in [-0.4, -0.2) is 42.4 Å². The van der Waals surface area contributed by atoms with Crippen molar-refractivity contribution in [2.75, 3.05) is 26.7 Å². The lowest BCUT2D eigenvalue weighted by Crippen LogP contribution is -2.43. The average Bonchev–Trinajstić information content (AvgIpc) is 2.45. The van der Waals surface area contributed by atoms with E-state index < -0.39 is 5.60 Å². The summed E-state index contributed by atoms with van der Waals surface area (Å²) in [5.74, 6) is 0.188. The third-order valence-electron chi connectivity index (χ3n) is 4.29. The highest BCUT2D eigenvalue weighted by Gasteiger charge is 2.27. The van der Waals surface area contributed by atoms with Gasteiger partial charge in [-0.3, -0.25) is 0 Å². The summed E-state index contributed by atoms with van der Waals surface area (Å²) in [6.07, 6.45) is 2.20. The number of aliphatic hydroxyl groups is 1. The molecule has 4 nitrogen and oxygen atoms in total. The van der Waals surface area contributed by atoms with Gasteiger partial charge >= 0.3 is 0 Å². The minimum Gasteiger partial charge on any atom is -0.496 e. The van der Waals surface area contributed by atoms with Crippen LogP contribution in [0, 0.1) is 5.82 Å². The molecule has 0 amide bonds. The van der Waals surface area contributed by atoms with Gasteiger partial charge < -0.3 is 20.5 Å². The maximum atomic E-state index is 13.9. The predicted octanol–water partition coefficient (Wildman–Crippen LogP) is 2.07. The number of piperidine rings is 1. The second kappa shape index (κ2) is 6.73. The van der Waals surface area contributed by atoms with E-state index in [4.69, 9.17) is 10.5 Å². The van der Waals surface area contributed by atoms with Gasteiger partial charge in [-0.15, -0.1) is 0 Å². The van der Waals surface area contributed by atoms with Crippen molar-refractivity contribution in [1.29, 1.82) is 0 Å². The molecule has 1 fully saturated rings. The van der Waals surface area contributed by atoms with Crippen LogP contribution in [-0.2, 0) is 0 Å². The molecule has 1 heterocycles. The lowest BCUT2D eigenvalue weighted by atomic mass is 9.93. The normalized spacial score (nSPS) is 20.2. The molecule has 1 unspecified atom stereocenters. The summed E-state index contributed by atoms with van der Waals surface area (Å²) in [6.45, 7) is 4.39. The van der Waals surface area contributed by atoms with Crippen LogP contribution in [0.3, 0.4) is 0 Å². The van der Waals surface area contributed by atoms with Gasteiger partial charge in [0.05, 0.1) is 12.7 Å². The topological polar surface area (TPSA) is 58.7 Å². The summed E-state index contributed by atoms with van der Waals surface area (Å²) in [4.78, 5) is 2.27. The summed E-state index contributed by atoms with van der Waals surface area (Å²) in [6, 6.07) is 4.38. The summed E-state index contributed by atoms with van der Waals surface area (Å²) in [5, 5.41) is 9.93. The van der Waals surface area contributed by atoms with Gasteiger partial charge in [0.25, 0.3) is 0 Å². The number of hydrogen-bond acceptors (Lipinski definition) is 4. The molecule has 3 N–H and O–H groups in total. The van der Waals surface area contributed by atoms with E-state index in [9.17, 15) is 9.50 Å². The fourth-order valence-electron chi connectivity index (χ4n) is 2.78. The molecule has 1 aliphatic rings. The third kappa shape index (κ3) is 4.15. The first kappa shape index (κ1) is 16.2. The number of nitrogens with two attached hydrogens (primary N) is 1. The van der Waals surface area contributed by atoms with Gasteiger partial charge in [-0.05, 0) is 44.9 Å². The highest BCUT2D eigenvalue weighted by molar-refractivity contribution is 5.37. The molecule has 5 heteroatoms. The minimum atomic E-state index is -0.548. The number of methoxy groups -OCH3 is 1. The van der Waals surface area contributed by atoms with E-state index in [2.05, 4.69) is 4.90 Å². The van der Waals surface area contributed by atoms with Crippen molar-refractivity contribution < 1.29 is 14.2 Å². The number of benzene rings is 1. The van der Waals surface area contributed by atoms with Crippen molar-refractivity contribution in [2.45, 2.75) is 37.8 Å². The summed E-state index contributed by atoms with van der Waals surface area (Å²) in [7, 11) is 1.53. The molecule has 0 radical (unpaired) electrons. The van der Waals surface area contributed by atoms with Crippen LogP contribution in [0.15, 0.2) is 18.2 Å². The summed E-state index contributed by atoms with van der Waals surface area (Å²) >= 11 is 0. The van der Waals surface area contributed by atoms with Crippen molar-refractivity contribution in [2.24, 2.45) is 5.73 Å². The molecule has 0 aliphatic carbocycles. The third-order valence-corrected chi connectivity index (χ3v) is 4.29. The van der Waals surface area contributed by atoms with Crippen molar-refractivity contribution in [3.05, 3.63) is 29.6 Å². The Morgan fingerprint density at radius 1 is 1.43 bits per heavy atom. The SMILES string of the molecule is COc1cccc(F)c1C(N)CCN1CCC(C)(O)CC1. The molecule has 1 saturated heterocycles. The maximum absolute atomic E-state index is 13.9.